The Bertz CT molecular complexity index is 1280. The van der Waals surface area contributed by atoms with Crippen LogP contribution in [0.25, 0.3) is 5.65 Å². The highest BCUT2D eigenvalue weighted by atomic mass is 16.5. The van der Waals surface area contributed by atoms with Gasteiger partial charge in [-0.1, -0.05) is 0 Å². The van der Waals surface area contributed by atoms with Crippen LogP contribution in [0.4, 0.5) is 17.3 Å². The van der Waals surface area contributed by atoms with E-state index in [2.05, 4.69) is 26.0 Å². The van der Waals surface area contributed by atoms with Gasteiger partial charge in [-0.25, -0.2) is 4.98 Å². The molecule has 2 aliphatic carbocycles. The van der Waals surface area contributed by atoms with Crippen molar-refractivity contribution in [1.29, 1.82) is 0 Å². The smallest absolute Gasteiger partial charge is 0.274 e. The number of aromatic nitrogens is 4. The van der Waals surface area contributed by atoms with E-state index in [0.717, 1.165) is 32.1 Å². The Hall–Kier alpha value is -3.44. The molecule has 3 heterocycles. The van der Waals surface area contributed by atoms with E-state index in [9.17, 15) is 14.7 Å². The minimum absolute atomic E-state index is 0.0179. The molecule has 0 radical (unpaired) electrons. The number of methoxy groups -OCH3 is 1. The fourth-order valence-corrected chi connectivity index (χ4v) is 4.95. The summed E-state index contributed by atoms with van der Waals surface area (Å²) in [7, 11) is 3.40. The lowest BCUT2D eigenvalue weighted by atomic mass is 9.89. The Morgan fingerprint density at radius 1 is 1.26 bits per heavy atom. The van der Waals surface area contributed by atoms with E-state index in [4.69, 9.17) is 4.74 Å². The van der Waals surface area contributed by atoms with Crippen LogP contribution in [0.2, 0.25) is 0 Å². The molecule has 11 nitrogen and oxygen atoms in total. The molecule has 0 spiro atoms. The van der Waals surface area contributed by atoms with Crippen molar-refractivity contribution in [1.82, 2.24) is 24.5 Å². The first-order valence-electron chi connectivity index (χ1n) is 12.0. The van der Waals surface area contributed by atoms with E-state index < -0.39 is 0 Å². The number of hydrogen-bond donors (Lipinski definition) is 4. The van der Waals surface area contributed by atoms with E-state index in [0.29, 0.717) is 35.0 Å². The third-order valence-electron chi connectivity index (χ3n) is 7.05. The van der Waals surface area contributed by atoms with Crippen LogP contribution in [0, 0.1) is 0 Å². The quantitative estimate of drug-likeness (QED) is 0.403. The standard InChI is InChI=1S/C24H31N7O4/c1-25-21-12-20(27-18-7-4-10-30(24(18)34)14-5-3-6-15(32)11-14)29-22-16(13-26-31(21)22)23(33)28-17-8-9-19(17)35-2/h4,7,10,12-15,17,19,25,32H,3,5-6,8-9,11H2,1-2H3,(H,27,29)(H,28,33)/t14-,15-,17+,19+/m1/s1. The van der Waals surface area contributed by atoms with E-state index in [-0.39, 0.29) is 35.8 Å². The number of carbonyl (C=O) groups excluding carboxylic acids is 1. The van der Waals surface area contributed by atoms with Crippen LogP contribution in [-0.4, -0.2) is 62.6 Å². The molecule has 11 heteroatoms. The van der Waals surface area contributed by atoms with Gasteiger partial charge < -0.3 is 30.4 Å². The number of nitrogens with one attached hydrogen (secondary N) is 3. The van der Waals surface area contributed by atoms with Gasteiger partial charge in [0.05, 0.1) is 24.4 Å². The lowest BCUT2D eigenvalue weighted by molar-refractivity contribution is 0.00732. The molecule has 2 aliphatic rings. The van der Waals surface area contributed by atoms with Gasteiger partial charge in [-0.15, -0.1) is 0 Å². The number of fused-ring (bicyclic) bond motifs is 1. The van der Waals surface area contributed by atoms with Gasteiger partial charge in [-0.2, -0.15) is 9.61 Å². The molecule has 35 heavy (non-hydrogen) atoms. The van der Waals surface area contributed by atoms with Crippen LogP contribution < -0.4 is 21.5 Å². The largest absolute Gasteiger partial charge is 0.393 e. The maximum Gasteiger partial charge on any atom is 0.274 e. The number of aliphatic hydroxyl groups excluding tert-OH is 1. The Morgan fingerprint density at radius 2 is 2.11 bits per heavy atom. The number of nitrogens with zero attached hydrogens (tertiary/aromatic N) is 4. The normalized spacial score (nSPS) is 24.1. The van der Waals surface area contributed by atoms with Crippen LogP contribution in [0.1, 0.15) is 54.9 Å². The maximum absolute atomic E-state index is 13.2. The van der Waals surface area contributed by atoms with E-state index >= 15 is 0 Å². The summed E-state index contributed by atoms with van der Waals surface area (Å²) in [6.45, 7) is 0. The van der Waals surface area contributed by atoms with Gasteiger partial charge in [0.1, 0.15) is 22.9 Å². The first-order chi connectivity index (χ1) is 17.0. The van der Waals surface area contributed by atoms with Crippen LogP contribution >= 0.6 is 0 Å². The highest BCUT2D eigenvalue weighted by Crippen LogP contribution is 2.28. The molecule has 5 rings (SSSR count). The monoisotopic (exact) mass is 481 g/mol. The predicted molar refractivity (Wildman–Crippen MR) is 131 cm³/mol. The average molecular weight is 482 g/mol. The summed E-state index contributed by atoms with van der Waals surface area (Å²) in [5.74, 6) is 0.756. The van der Waals surface area contributed by atoms with Crippen LogP contribution in [0.15, 0.2) is 35.4 Å². The summed E-state index contributed by atoms with van der Waals surface area (Å²) in [6, 6.07) is 5.17. The summed E-state index contributed by atoms with van der Waals surface area (Å²) in [5.41, 5.74) is 0.904. The van der Waals surface area contributed by atoms with Crippen LogP contribution in [0.3, 0.4) is 0 Å². The summed E-state index contributed by atoms with van der Waals surface area (Å²) in [4.78, 5) is 30.8. The number of rotatable bonds is 7. The number of hydrogen-bond acceptors (Lipinski definition) is 8. The van der Waals surface area contributed by atoms with Gasteiger partial charge in [0.2, 0.25) is 0 Å². The first-order valence-corrected chi connectivity index (χ1v) is 12.0. The van der Waals surface area contributed by atoms with Gasteiger partial charge in [0.25, 0.3) is 11.5 Å². The van der Waals surface area contributed by atoms with Crippen molar-refractivity contribution in [3.8, 4) is 0 Å². The zero-order chi connectivity index (χ0) is 24.5. The molecule has 186 valence electrons. The molecule has 0 bridgehead atoms. The average Bonchev–Trinajstić information content (AvgIpc) is 3.27. The number of amides is 1. The molecule has 4 N–H and O–H groups in total. The topological polar surface area (TPSA) is 135 Å². The lowest BCUT2D eigenvalue weighted by Gasteiger charge is -2.35. The van der Waals surface area contributed by atoms with Gasteiger partial charge in [-0.3, -0.25) is 9.59 Å². The van der Waals surface area contributed by atoms with Crippen molar-refractivity contribution in [2.24, 2.45) is 0 Å². The molecule has 0 aliphatic heterocycles. The van der Waals surface area contributed by atoms with E-state index in [1.165, 1.54) is 6.20 Å². The summed E-state index contributed by atoms with van der Waals surface area (Å²) < 4.78 is 8.62. The number of carbonyl (C=O) groups is 1. The van der Waals surface area contributed by atoms with Crippen molar-refractivity contribution in [3.63, 3.8) is 0 Å². The fourth-order valence-electron chi connectivity index (χ4n) is 4.95. The minimum atomic E-state index is -0.384. The van der Waals surface area contributed by atoms with Crippen LogP contribution in [0.5, 0.6) is 0 Å². The van der Waals surface area contributed by atoms with Crippen molar-refractivity contribution in [2.75, 3.05) is 24.8 Å². The molecule has 3 aromatic heterocycles. The minimum Gasteiger partial charge on any atom is -0.393 e. The van der Waals surface area contributed by atoms with Crippen molar-refractivity contribution >= 4 is 28.9 Å². The molecule has 2 fully saturated rings. The molecule has 0 saturated heterocycles. The van der Waals surface area contributed by atoms with Gasteiger partial charge in [0, 0.05) is 32.5 Å². The SMILES string of the molecule is CNc1cc(Nc2cccn([C@@H]3CCC[C@@H](O)C3)c2=O)nc2c(C(=O)N[C@H]3CC[C@@H]3OC)cnn12. The Kier molecular flexibility index (Phi) is 6.44. The van der Waals surface area contributed by atoms with Gasteiger partial charge >= 0.3 is 0 Å². The highest BCUT2D eigenvalue weighted by Gasteiger charge is 2.33. The lowest BCUT2D eigenvalue weighted by Crippen LogP contribution is -2.51. The second-order valence-corrected chi connectivity index (χ2v) is 9.24. The van der Waals surface area contributed by atoms with Crippen molar-refractivity contribution < 1.29 is 14.6 Å². The summed E-state index contributed by atoms with van der Waals surface area (Å²) >= 11 is 0. The number of ether oxygens (including phenoxy) is 1. The first kappa shape index (κ1) is 23.3. The molecule has 1 amide bonds. The maximum atomic E-state index is 13.2. The zero-order valence-electron chi connectivity index (χ0n) is 19.9. The second-order valence-electron chi connectivity index (χ2n) is 9.24. The molecule has 0 aromatic carbocycles. The Morgan fingerprint density at radius 3 is 2.83 bits per heavy atom. The predicted octanol–water partition coefficient (Wildman–Crippen LogP) is 2.06. The molecule has 0 unspecified atom stereocenters. The second kappa shape index (κ2) is 9.67. The van der Waals surface area contributed by atoms with Gasteiger partial charge in [-0.05, 0) is 50.7 Å². The third kappa shape index (κ3) is 4.48. The van der Waals surface area contributed by atoms with Crippen molar-refractivity contribution in [3.05, 3.63) is 46.5 Å². The third-order valence-corrected chi connectivity index (χ3v) is 7.05. The number of anilines is 3. The van der Waals surface area contributed by atoms with Gasteiger partial charge in [0.15, 0.2) is 5.65 Å². The number of aliphatic hydroxyl groups is 1. The fraction of sp³-hybridized carbons (Fsp3) is 0.500. The molecule has 3 aromatic rings. The van der Waals surface area contributed by atoms with E-state index in [1.807, 2.05) is 6.07 Å². The zero-order valence-corrected chi connectivity index (χ0v) is 19.9. The Balaban J connectivity index is 1.44. The van der Waals surface area contributed by atoms with Crippen molar-refractivity contribution in [2.45, 2.75) is 62.8 Å². The van der Waals surface area contributed by atoms with E-state index in [1.54, 1.807) is 41.6 Å². The van der Waals surface area contributed by atoms with Crippen LogP contribution in [-0.2, 0) is 4.74 Å². The Labute approximate surface area is 202 Å². The molecule has 2 saturated carbocycles. The summed E-state index contributed by atoms with van der Waals surface area (Å²) in [5, 5.41) is 23.6. The highest BCUT2D eigenvalue weighted by molar-refractivity contribution is 6.00. The molecular formula is C24H31N7O4. The number of pyridine rings is 1. The molecule has 4 atom stereocenters. The molecular weight excluding hydrogens is 450 g/mol. The summed E-state index contributed by atoms with van der Waals surface area (Å²) in [6.07, 6.45) is 7.75.